The fourth-order valence-corrected chi connectivity index (χ4v) is 2.03. The minimum atomic E-state index is 0.772. The standard InChI is InChI=1S/C9H21NS/c1-7(2)5-9(6-11-10)8(3)4/h7-9H,5-6,10H2,1-4H3. The van der Waals surface area contributed by atoms with Crippen molar-refractivity contribution in [2.24, 2.45) is 22.9 Å². The van der Waals surface area contributed by atoms with E-state index in [1.807, 2.05) is 0 Å². The van der Waals surface area contributed by atoms with Crippen LogP contribution in [0.15, 0.2) is 0 Å². The largest absolute Gasteiger partial charge is 0.278 e. The van der Waals surface area contributed by atoms with Crippen LogP contribution in [0.25, 0.3) is 0 Å². The molecule has 0 aliphatic carbocycles. The summed E-state index contributed by atoms with van der Waals surface area (Å²) < 4.78 is 0. The van der Waals surface area contributed by atoms with Gasteiger partial charge >= 0.3 is 0 Å². The van der Waals surface area contributed by atoms with Crippen LogP contribution in [0, 0.1) is 17.8 Å². The highest BCUT2D eigenvalue weighted by Gasteiger charge is 2.13. The van der Waals surface area contributed by atoms with E-state index in [2.05, 4.69) is 27.7 Å². The molecule has 0 saturated heterocycles. The van der Waals surface area contributed by atoms with Crippen LogP contribution in [-0.2, 0) is 0 Å². The Kier molecular flexibility index (Phi) is 6.06. The maximum atomic E-state index is 5.46. The van der Waals surface area contributed by atoms with Crippen LogP contribution < -0.4 is 5.14 Å². The van der Waals surface area contributed by atoms with Crippen LogP contribution in [-0.4, -0.2) is 5.75 Å². The number of hydrogen-bond donors (Lipinski definition) is 1. The molecular formula is C9H21NS. The maximum Gasteiger partial charge on any atom is 0.0107 e. The van der Waals surface area contributed by atoms with Crippen molar-refractivity contribution in [3.05, 3.63) is 0 Å². The first-order valence-electron chi connectivity index (χ1n) is 4.39. The molecule has 2 N–H and O–H groups in total. The summed E-state index contributed by atoms with van der Waals surface area (Å²) >= 11 is 1.48. The first kappa shape index (κ1) is 11.3. The zero-order chi connectivity index (χ0) is 8.85. The summed E-state index contributed by atoms with van der Waals surface area (Å²) in [5, 5.41) is 5.46. The van der Waals surface area contributed by atoms with Crippen molar-refractivity contribution in [2.75, 3.05) is 5.75 Å². The molecule has 0 bridgehead atoms. The summed E-state index contributed by atoms with van der Waals surface area (Å²) in [6.07, 6.45) is 1.31. The van der Waals surface area contributed by atoms with E-state index in [0.29, 0.717) is 0 Å². The lowest BCUT2D eigenvalue weighted by Gasteiger charge is -2.21. The van der Waals surface area contributed by atoms with Gasteiger partial charge in [-0.05, 0) is 24.2 Å². The summed E-state index contributed by atoms with van der Waals surface area (Å²) in [7, 11) is 0. The van der Waals surface area contributed by atoms with Gasteiger partial charge in [-0.15, -0.1) is 0 Å². The number of nitrogens with two attached hydrogens (primary N) is 1. The molecule has 0 aromatic carbocycles. The van der Waals surface area contributed by atoms with Crippen molar-refractivity contribution < 1.29 is 0 Å². The first-order chi connectivity index (χ1) is 5.07. The molecule has 1 nitrogen and oxygen atoms in total. The third kappa shape index (κ3) is 5.57. The SMILES string of the molecule is CC(C)CC(CSN)C(C)C. The van der Waals surface area contributed by atoms with E-state index in [9.17, 15) is 0 Å². The van der Waals surface area contributed by atoms with Crippen molar-refractivity contribution in [3.8, 4) is 0 Å². The smallest absolute Gasteiger partial charge is 0.0107 e. The zero-order valence-electron chi connectivity index (χ0n) is 8.13. The highest BCUT2D eigenvalue weighted by Crippen LogP contribution is 2.22. The van der Waals surface area contributed by atoms with E-state index < -0.39 is 0 Å². The van der Waals surface area contributed by atoms with Gasteiger partial charge in [0.2, 0.25) is 0 Å². The van der Waals surface area contributed by atoms with Crippen molar-refractivity contribution in [1.82, 2.24) is 0 Å². The van der Waals surface area contributed by atoms with E-state index in [1.165, 1.54) is 18.4 Å². The minimum Gasteiger partial charge on any atom is -0.278 e. The summed E-state index contributed by atoms with van der Waals surface area (Å²) in [6, 6.07) is 0. The normalized spacial score (nSPS) is 14.5. The summed E-state index contributed by atoms with van der Waals surface area (Å²) in [5.74, 6) is 3.48. The summed E-state index contributed by atoms with van der Waals surface area (Å²) in [6.45, 7) is 9.11. The highest BCUT2D eigenvalue weighted by atomic mass is 32.2. The van der Waals surface area contributed by atoms with Crippen LogP contribution in [0.3, 0.4) is 0 Å². The molecule has 0 amide bonds. The Balaban J connectivity index is 3.69. The van der Waals surface area contributed by atoms with Gasteiger partial charge in [0.1, 0.15) is 0 Å². The topological polar surface area (TPSA) is 26.0 Å². The predicted octanol–water partition coefficient (Wildman–Crippen LogP) is 2.91. The predicted molar refractivity (Wildman–Crippen MR) is 54.4 cm³/mol. The fraction of sp³-hybridized carbons (Fsp3) is 1.00. The molecule has 0 spiro atoms. The van der Waals surface area contributed by atoms with Gasteiger partial charge in [-0.3, -0.25) is 5.14 Å². The molecular weight excluding hydrogens is 154 g/mol. The van der Waals surface area contributed by atoms with E-state index in [0.717, 1.165) is 23.5 Å². The maximum absolute atomic E-state index is 5.46. The Bertz CT molecular complexity index is 91.6. The lowest BCUT2D eigenvalue weighted by molar-refractivity contribution is 0.350. The second-order valence-electron chi connectivity index (χ2n) is 3.97. The second kappa shape index (κ2) is 5.90. The van der Waals surface area contributed by atoms with Gasteiger partial charge in [0, 0.05) is 5.75 Å². The van der Waals surface area contributed by atoms with Crippen LogP contribution in [0.2, 0.25) is 0 Å². The molecule has 0 aliphatic heterocycles. The quantitative estimate of drug-likeness (QED) is 0.650. The molecule has 2 heteroatoms. The van der Waals surface area contributed by atoms with Crippen molar-refractivity contribution in [2.45, 2.75) is 34.1 Å². The van der Waals surface area contributed by atoms with Crippen LogP contribution in [0.1, 0.15) is 34.1 Å². The van der Waals surface area contributed by atoms with Gasteiger partial charge in [0.05, 0.1) is 0 Å². The summed E-state index contributed by atoms with van der Waals surface area (Å²) in [5.41, 5.74) is 0. The Morgan fingerprint density at radius 1 is 1.18 bits per heavy atom. The third-order valence-electron chi connectivity index (χ3n) is 2.03. The van der Waals surface area contributed by atoms with Gasteiger partial charge in [0.15, 0.2) is 0 Å². The van der Waals surface area contributed by atoms with Crippen molar-refractivity contribution in [3.63, 3.8) is 0 Å². The zero-order valence-corrected chi connectivity index (χ0v) is 8.95. The monoisotopic (exact) mass is 175 g/mol. The van der Waals surface area contributed by atoms with Crippen molar-refractivity contribution >= 4 is 11.9 Å². The molecule has 0 aromatic rings. The Morgan fingerprint density at radius 3 is 2.00 bits per heavy atom. The van der Waals surface area contributed by atoms with E-state index in [1.54, 1.807) is 0 Å². The molecule has 0 fully saturated rings. The van der Waals surface area contributed by atoms with Gasteiger partial charge in [-0.2, -0.15) is 0 Å². The number of hydrogen-bond acceptors (Lipinski definition) is 2. The van der Waals surface area contributed by atoms with E-state index in [-0.39, 0.29) is 0 Å². The molecule has 0 aromatic heterocycles. The average molecular weight is 175 g/mol. The van der Waals surface area contributed by atoms with E-state index >= 15 is 0 Å². The molecule has 1 unspecified atom stereocenters. The molecule has 0 rings (SSSR count). The minimum absolute atomic E-state index is 0.772. The Labute approximate surface area is 75.3 Å². The number of rotatable bonds is 5. The molecule has 0 saturated carbocycles. The van der Waals surface area contributed by atoms with Crippen LogP contribution in [0.4, 0.5) is 0 Å². The van der Waals surface area contributed by atoms with Gasteiger partial charge in [-0.25, -0.2) is 0 Å². The highest BCUT2D eigenvalue weighted by molar-refractivity contribution is 7.97. The molecule has 1 atom stereocenters. The molecule has 0 aliphatic rings. The molecule has 68 valence electrons. The van der Waals surface area contributed by atoms with E-state index in [4.69, 9.17) is 5.14 Å². The van der Waals surface area contributed by atoms with Gasteiger partial charge < -0.3 is 0 Å². The fourth-order valence-electron chi connectivity index (χ4n) is 1.26. The Morgan fingerprint density at radius 2 is 1.73 bits per heavy atom. The first-order valence-corrected chi connectivity index (χ1v) is 5.44. The summed E-state index contributed by atoms with van der Waals surface area (Å²) in [4.78, 5) is 0. The lowest BCUT2D eigenvalue weighted by Crippen LogP contribution is -2.15. The van der Waals surface area contributed by atoms with Crippen LogP contribution in [0.5, 0.6) is 0 Å². The Hall–Kier alpha value is 0.310. The third-order valence-corrected chi connectivity index (χ3v) is 2.65. The molecule has 0 heterocycles. The average Bonchev–Trinajstić information content (AvgIpc) is 1.86. The second-order valence-corrected chi connectivity index (χ2v) is 4.63. The molecule has 11 heavy (non-hydrogen) atoms. The van der Waals surface area contributed by atoms with Gasteiger partial charge in [0.25, 0.3) is 0 Å². The van der Waals surface area contributed by atoms with Crippen molar-refractivity contribution in [1.29, 1.82) is 0 Å². The molecule has 0 radical (unpaired) electrons. The lowest BCUT2D eigenvalue weighted by atomic mass is 9.89. The van der Waals surface area contributed by atoms with Gasteiger partial charge in [-0.1, -0.05) is 39.6 Å². The van der Waals surface area contributed by atoms with Crippen LogP contribution >= 0.6 is 11.9 Å².